The lowest BCUT2D eigenvalue weighted by atomic mass is 9.39. The van der Waals surface area contributed by atoms with Crippen LogP contribution in [0.25, 0.3) is 0 Å². The molecule has 0 radical (unpaired) electrons. The first kappa shape index (κ1) is 50.9. The van der Waals surface area contributed by atoms with Gasteiger partial charge in [0.1, 0.15) is 67.1 Å². The number of fused-ring (bicyclic) bond motifs is 5. The third-order valence-corrected chi connectivity index (χ3v) is 17.8. The second-order valence-electron chi connectivity index (χ2n) is 22.1. The van der Waals surface area contributed by atoms with E-state index in [0.29, 0.717) is 31.6 Å². The minimum absolute atomic E-state index is 0.143. The fourth-order valence-electron chi connectivity index (χ4n) is 14.3. The monoisotopic (exact) mass is 917 g/mol. The Labute approximate surface area is 378 Å². The van der Waals surface area contributed by atoms with Crippen molar-refractivity contribution in [2.75, 3.05) is 26.9 Å². The summed E-state index contributed by atoms with van der Waals surface area (Å²) in [4.78, 5) is 0. The fraction of sp³-hybridized carbons (Fsp3) is 0.957. The maximum absolute atomic E-state index is 12.6. The first-order valence-electron chi connectivity index (χ1n) is 23.8. The smallest absolute Gasteiger partial charge is 0.187 e. The number of aliphatic hydroxyl groups is 10. The molecule has 0 spiro atoms. The maximum Gasteiger partial charge on any atom is 0.187 e. The zero-order chi connectivity index (χ0) is 46.8. The Balaban J connectivity index is 1.09. The van der Waals surface area contributed by atoms with Crippen molar-refractivity contribution in [1.82, 2.24) is 0 Å². The summed E-state index contributed by atoms with van der Waals surface area (Å²) in [5.74, 6) is 0.431. The molecule has 0 amide bonds. The Hall–Kier alpha value is -0.940. The van der Waals surface area contributed by atoms with Crippen molar-refractivity contribution >= 4 is 0 Å². The van der Waals surface area contributed by atoms with Crippen LogP contribution in [0.15, 0.2) is 11.6 Å². The minimum atomic E-state index is -1.64. The summed E-state index contributed by atoms with van der Waals surface area (Å²) in [7, 11) is 1.35. The van der Waals surface area contributed by atoms with Crippen molar-refractivity contribution in [2.45, 2.75) is 210 Å². The molecule has 0 aromatic carbocycles. The second-order valence-corrected chi connectivity index (χ2v) is 22.1. The average molecular weight is 917 g/mol. The van der Waals surface area contributed by atoms with E-state index in [0.717, 1.165) is 37.7 Å². The number of allylic oxidation sites excluding steroid dienone is 2. The van der Waals surface area contributed by atoms with Crippen molar-refractivity contribution in [2.24, 2.45) is 45.8 Å². The van der Waals surface area contributed by atoms with Gasteiger partial charge in [-0.2, -0.15) is 0 Å². The van der Waals surface area contributed by atoms with Crippen LogP contribution in [0.4, 0.5) is 0 Å². The van der Waals surface area contributed by atoms with Gasteiger partial charge in [0, 0.05) is 7.11 Å². The molecule has 24 atom stereocenters. The van der Waals surface area contributed by atoms with Crippen LogP contribution in [0.1, 0.15) is 106 Å². The number of rotatable bonds is 13. The largest absolute Gasteiger partial charge is 0.394 e. The average Bonchev–Trinajstić information content (AvgIpc) is 3.62. The van der Waals surface area contributed by atoms with Crippen LogP contribution in [0, 0.1) is 45.8 Å². The van der Waals surface area contributed by atoms with Crippen LogP contribution >= 0.6 is 0 Å². The van der Waals surface area contributed by atoms with Crippen molar-refractivity contribution in [1.29, 1.82) is 0 Å². The molecular weight excluding hydrogens is 837 g/mol. The minimum Gasteiger partial charge on any atom is -0.394 e. The van der Waals surface area contributed by atoms with E-state index in [2.05, 4.69) is 33.8 Å². The highest BCUT2D eigenvalue weighted by molar-refractivity contribution is 5.17. The van der Waals surface area contributed by atoms with Crippen molar-refractivity contribution in [3.8, 4) is 0 Å². The summed E-state index contributed by atoms with van der Waals surface area (Å²) in [6.07, 6.45) is -10.7. The molecule has 3 saturated heterocycles. The first-order valence-corrected chi connectivity index (χ1v) is 23.8. The van der Waals surface area contributed by atoms with E-state index in [4.69, 9.17) is 33.2 Å². The summed E-state index contributed by atoms with van der Waals surface area (Å²) < 4.78 is 42.3. The SMILES string of the molecule is CO[C@H]1[C@H](OC[C@H]2O[C@@H](O[C@](C)(CCC=C(C)C)C3CC[C@]4(C)C5CCC6C(C)(C)C(O[C@@H]7O[C@H](CO)[C@@H](O)[C@H](O)[C@H]7O)CC[C@]6(C)C5C[C@H](O)C34)[C@H](O)[C@H](O)[C@@H]2O)OC[C@@H](O)[C@@H]1O. The highest BCUT2D eigenvalue weighted by Crippen LogP contribution is 2.71. The first-order chi connectivity index (χ1) is 30.0. The van der Waals surface area contributed by atoms with Crippen LogP contribution in [0.5, 0.6) is 0 Å². The molecule has 0 aromatic heterocycles. The molecule has 6 unspecified atom stereocenters. The Bertz CT molecular complexity index is 1600. The standard InChI is InChI=1S/C47H80O17/c1-22(2)10-9-15-47(7,64-42-39(57)37(55)35(53)29(62-42)21-60-43-40(58-8)33(51)27(50)20-59-43)24-13-16-46(6)23-11-12-30-44(3,4)31(14-17-45(30,5)25(23)18-26(49)32(24)46)63-41-38(56)36(54)34(52)28(19-48)61-41/h10,23-43,48-57H,9,11-21H2,1-8H3/t23?,24?,25?,26-,27+,28+,29+,30?,31?,32?,33-,34+,35+,36-,37+,38+,39+,40+,41-,42-,43-,45+,46+,47+/m0/s1. The van der Waals surface area contributed by atoms with E-state index < -0.39 is 104 Å². The van der Waals surface area contributed by atoms with Gasteiger partial charge in [0.2, 0.25) is 0 Å². The molecule has 17 heteroatoms. The highest BCUT2D eigenvalue weighted by Gasteiger charge is 2.68. The molecule has 370 valence electrons. The highest BCUT2D eigenvalue weighted by atomic mass is 16.7. The Morgan fingerprint density at radius 2 is 1.36 bits per heavy atom. The lowest BCUT2D eigenvalue weighted by Gasteiger charge is -2.66. The molecule has 0 aromatic rings. The van der Waals surface area contributed by atoms with E-state index in [1.807, 2.05) is 20.8 Å². The summed E-state index contributed by atoms with van der Waals surface area (Å²) in [5.41, 5.74) is -0.574. The van der Waals surface area contributed by atoms with E-state index in [-0.39, 0.29) is 59.2 Å². The summed E-state index contributed by atoms with van der Waals surface area (Å²) in [5, 5.41) is 108. The predicted octanol–water partition coefficient (Wildman–Crippen LogP) is 0.876. The van der Waals surface area contributed by atoms with Gasteiger partial charge in [-0.25, -0.2) is 0 Å². The third-order valence-electron chi connectivity index (χ3n) is 17.8. The van der Waals surface area contributed by atoms with Gasteiger partial charge in [0.05, 0.1) is 37.6 Å². The zero-order valence-corrected chi connectivity index (χ0v) is 39.0. The molecule has 4 aliphatic carbocycles. The Morgan fingerprint density at radius 1 is 0.719 bits per heavy atom. The molecule has 10 N–H and O–H groups in total. The molecular formula is C47H80O17. The predicted molar refractivity (Wildman–Crippen MR) is 228 cm³/mol. The van der Waals surface area contributed by atoms with Gasteiger partial charge in [-0.15, -0.1) is 0 Å². The number of hydrogen-bond donors (Lipinski definition) is 10. The molecule has 0 bridgehead atoms. The fourth-order valence-corrected chi connectivity index (χ4v) is 14.3. The van der Waals surface area contributed by atoms with Gasteiger partial charge in [-0.1, -0.05) is 39.3 Å². The molecule has 64 heavy (non-hydrogen) atoms. The molecule has 3 aliphatic heterocycles. The number of aliphatic hydroxyl groups excluding tert-OH is 10. The molecule has 7 aliphatic rings. The normalized spacial score (nSPS) is 51.3. The lowest BCUT2D eigenvalue weighted by Crippen LogP contribution is -2.65. The Morgan fingerprint density at radius 3 is 2.02 bits per heavy atom. The molecule has 7 fully saturated rings. The van der Waals surface area contributed by atoms with Gasteiger partial charge in [-0.05, 0) is 124 Å². The van der Waals surface area contributed by atoms with E-state index in [9.17, 15) is 51.1 Å². The van der Waals surface area contributed by atoms with Crippen LogP contribution < -0.4 is 0 Å². The molecule has 3 heterocycles. The topological polar surface area (TPSA) is 267 Å². The summed E-state index contributed by atoms with van der Waals surface area (Å²) in [6, 6.07) is 0. The summed E-state index contributed by atoms with van der Waals surface area (Å²) in [6.45, 7) is 14.1. The second kappa shape index (κ2) is 19.5. The van der Waals surface area contributed by atoms with E-state index >= 15 is 0 Å². The third kappa shape index (κ3) is 9.04. The number of ether oxygens (including phenoxy) is 7. The Kier molecular flexibility index (Phi) is 15.5. The van der Waals surface area contributed by atoms with Crippen LogP contribution in [0.2, 0.25) is 0 Å². The van der Waals surface area contributed by atoms with Crippen molar-refractivity contribution in [3.05, 3.63) is 11.6 Å². The van der Waals surface area contributed by atoms with Gasteiger partial charge in [0.15, 0.2) is 18.9 Å². The molecule has 17 nitrogen and oxygen atoms in total. The molecule has 7 rings (SSSR count). The van der Waals surface area contributed by atoms with Crippen LogP contribution in [-0.2, 0) is 33.2 Å². The van der Waals surface area contributed by atoms with Gasteiger partial charge in [0.25, 0.3) is 0 Å². The lowest BCUT2D eigenvalue weighted by molar-refractivity contribution is -0.345. The van der Waals surface area contributed by atoms with Crippen LogP contribution in [0.3, 0.4) is 0 Å². The number of hydrogen-bond acceptors (Lipinski definition) is 17. The molecule has 4 saturated carbocycles. The summed E-state index contributed by atoms with van der Waals surface area (Å²) >= 11 is 0. The van der Waals surface area contributed by atoms with Gasteiger partial charge >= 0.3 is 0 Å². The van der Waals surface area contributed by atoms with Gasteiger partial charge in [-0.3, -0.25) is 0 Å². The maximum atomic E-state index is 12.6. The zero-order valence-electron chi connectivity index (χ0n) is 39.0. The van der Waals surface area contributed by atoms with Gasteiger partial charge < -0.3 is 84.2 Å². The van der Waals surface area contributed by atoms with E-state index in [1.54, 1.807) is 0 Å². The van der Waals surface area contributed by atoms with E-state index in [1.165, 1.54) is 7.11 Å². The quantitative estimate of drug-likeness (QED) is 0.0908. The van der Waals surface area contributed by atoms with Crippen molar-refractivity contribution < 1.29 is 84.2 Å². The van der Waals surface area contributed by atoms with Crippen LogP contribution in [-0.4, -0.2) is 182 Å². The number of methoxy groups -OCH3 is 1. The van der Waals surface area contributed by atoms with Crippen molar-refractivity contribution in [3.63, 3.8) is 0 Å².